The number of hydrogen-bond donors (Lipinski definition) is 1. The van der Waals surface area contributed by atoms with E-state index in [9.17, 15) is 9.59 Å². The number of aryl methyl sites for hydroxylation is 1. The van der Waals surface area contributed by atoms with Crippen LogP contribution in [0.1, 0.15) is 40.4 Å². The minimum Gasteiger partial charge on any atom is -0.368 e. The molecule has 2 aliphatic heterocycles. The van der Waals surface area contributed by atoms with Crippen LogP contribution in [0.4, 0.5) is 11.4 Å². The van der Waals surface area contributed by atoms with E-state index >= 15 is 0 Å². The summed E-state index contributed by atoms with van der Waals surface area (Å²) in [6.45, 7) is 4.83. The van der Waals surface area contributed by atoms with Crippen LogP contribution >= 0.6 is 11.6 Å². The normalized spacial score (nSPS) is 16.6. The van der Waals surface area contributed by atoms with E-state index in [2.05, 4.69) is 27.3 Å². The molecule has 0 bridgehead atoms. The van der Waals surface area contributed by atoms with E-state index in [1.165, 1.54) is 5.56 Å². The topological polar surface area (TPSA) is 65.5 Å². The Bertz CT molecular complexity index is 1220. The molecule has 1 aromatic heterocycles. The van der Waals surface area contributed by atoms with E-state index in [0.29, 0.717) is 42.7 Å². The third-order valence-electron chi connectivity index (χ3n) is 7.11. The molecule has 0 unspecified atom stereocenters. The number of carbonyl (C=O) groups is 2. The largest absolute Gasteiger partial charge is 0.368 e. The number of nitrogens with zero attached hydrogens (tertiary/aromatic N) is 3. The van der Waals surface area contributed by atoms with Gasteiger partial charge in [0, 0.05) is 38.1 Å². The predicted molar refractivity (Wildman–Crippen MR) is 139 cm³/mol. The predicted octanol–water partition coefficient (Wildman–Crippen LogP) is 5.14. The van der Waals surface area contributed by atoms with Crippen molar-refractivity contribution in [3.63, 3.8) is 0 Å². The third-order valence-corrected chi connectivity index (χ3v) is 7.44. The van der Waals surface area contributed by atoms with E-state index in [1.807, 2.05) is 48.2 Å². The lowest BCUT2D eigenvalue weighted by Gasteiger charge is -2.40. The van der Waals surface area contributed by atoms with Gasteiger partial charge in [-0.05, 0) is 67.6 Å². The lowest BCUT2D eigenvalue weighted by Crippen LogP contribution is -2.52. The van der Waals surface area contributed by atoms with Crippen LogP contribution < -0.4 is 10.2 Å². The number of amides is 2. The first kappa shape index (κ1) is 23.4. The SMILES string of the molecule is Cc1ncccc1N1CC(C(=O)Nc2ccc(C3CCN(C(=O)c4ccccc4Cl)CC3)cc2)C1. The Balaban J connectivity index is 1.11. The summed E-state index contributed by atoms with van der Waals surface area (Å²) >= 11 is 6.21. The van der Waals surface area contributed by atoms with Gasteiger partial charge in [0.15, 0.2) is 0 Å². The molecule has 0 spiro atoms. The van der Waals surface area contributed by atoms with Crippen molar-refractivity contribution in [1.82, 2.24) is 9.88 Å². The molecule has 0 radical (unpaired) electrons. The Labute approximate surface area is 210 Å². The average Bonchev–Trinajstić information content (AvgIpc) is 2.85. The number of pyridine rings is 1. The molecular weight excluding hydrogens is 460 g/mol. The van der Waals surface area contributed by atoms with Crippen LogP contribution in [-0.4, -0.2) is 47.9 Å². The van der Waals surface area contributed by atoms with Gasteiger partial charge in [0.05, 0.1) is 27.9 Å². The highest BCUT2D eigenvalue weighted by molar-refractivity contribution is 6.33. The second-order valence-electron chi connectivity index (χ2n) is 9.37. The molecule has 3 aromatic rings. The fraction of sp³-hybridized carbons (Fsp3) is 0.321. The van der Waals surface area contributed by atoms with Crippen molar-refractivity contribution in [1.29, 1.82) is 0 Å². The Morgan fingerprint density at radius 3 is 2.37 bits per heavy atom. The maximum atomic E-state index is 12.8. The highest BCUT2D eigenvalue weighted by Gasteiger charge is 2.33. The zero-order chi connectivity index (χ0) is 24.4. The standard InChI is InChI=1S/C28H29ClN4O2/c1-19-26(7-4-14-30-19)33-17-22(18-33)27(34)31-23-10-8-20(9-11-23)21-12-15-32(16-13-21)28(35)24-5-2-3-6-25(24)29/h2-11,14,21-22H,12-13,15-18H2,1H3,(H,31,34). The molecule has 3 heterocycles. The number of anilines is 2. The van der Waals surface area contributed by atoms with Gasteiger partial charge in [0.1, 0.15) is 0 Å². The minimum absolute atomic E-state index is 0.000332. The highest BCUT2D eigenvalue weighted by Crippen LogP contribution is 2.31. The Morgan fingerprint density at radius 2 is 1.69 bits per heavy atom. The number of hydrogen-bond acceptors (Lipinski definition) is 4. The fourth-order valence-electron chi connectivity index (χ4n) is 4.95. The van der Waals surface area contributed by atoms with Crippen molar-refractivity contribution < 1.29 is 9.59 Å². The summed E-state index contributed by atoms with van der Waals surface area (Å²) in [4.78, 5) is 33.9. The van der Waals surface area contributed by atoms with Crippen molar-refractivity contribution in [3.05, 3.63) is 88.7 Å². The minimum atomic E-state index is -0.0192. The molecular formula is C28H29ClN4O2. The summed E-state index contributed by atoms with van der Waals surface area (Å²) in [6.07, 6.45) is 3.61. The number of rotatable bonds is 5. The molecule has 2 fully saturated rings. The van der Waals surface area contributed by atoms with Crippen molar-refractivity contribution in [3.8, 4) is 0 Å². The van der Waals surface area contributed by atoms with Crippen LogP contribution in [0.25, 0.3) is 0 Å². The van der Waals surface area contributed by atoms with Gasteiger partial charge in [-0.15, -0.1) is 0 Å². The molecule has 2 aliphatic rings. The zero-order valence-corrected chi connectivity index (χ0v) is 20.5. The molecule has 2 amide bonds. The first-order valence-corrected chi connectivity index (χ1v) is 12.5. The molecule has 0 aliphatic carbocycles. The molecule has 6 nitrogen and oxygen atoms in total. The summed E-state index contributed by atoms with van der Waals surface area (Å²) in [6, 6.07) is 19.3. The summed E-state index contributed by atoms with van der Waals surface area (Å²) < 4.78 is 0. The van der Waals surface area contributed by atoms with E-state index in [4.69, 9.17) is 11.6 Å². The Kier molecular flexibility index (Phi) is 6.73. The van der Waals surface area contributed by atoms with Gasteiger partial charge < -0.3 is 15.1 Å². The van der Waals surface area contributed by atoms with Gasteiger partial charge in [-0.2, -0.15) is 0 Å². The zero-order valence-electron chi connectivity index (χ0n) is 19.8. The molecule has 5 rings (SSSR count). The summed E-state index contributed by atoms with van der Waals surface area (Å²) in [5.41, 5.74) is 4.72. The van der Waals surface area contributed by atoms with Crippen LogP contribution in [0.5, 0.6) is 0 Å². The number of halogens is 1. The molecule has 0 saturated carbocycles. The maximum Gasteiger partial charge on any atom is 0.255 e. The van der Waals surface area contributed by atoms with E-state index < -0.39 is 0 Å². The first-order chi connectivity index (χ1) is 17.0. The van der Waals surface area contributed by atoms with Crippen LogP contribution in [-0.2, 0) is 4.79 Å². The lowest BCUT2D eigenvalue weighted by atomic mass is 9.89. The van der Waals surface area contributed by atoms with E-state index in [1.54, 1.807) is 18.3 Å². The number of nitrogens with one attached hydrogen (secondary N) is 1. The van der Waals surface area contributed by atoms with E-state index in [0.717, 1.165) is 29.9 Å². The lowest BCUT2D eigenvalue weighted by molar-refractivity contribution is -0.120. The van der Waals surface area contributed by atoms with Gasteiger partial charge in [0.25, 0.3) is 5.91 Å². The van der Waals surface area contributed by atoms with Crippen molar-refractivity contribution >= 4 is 34.8 Å². The third kappa shape index (κ3) is 5.03. The van der Waals surface area contributed by atoms with Crippen molar-refractivity contribution in [2.45, 2.75) is 25.7 Å². The quantitative estimate of drug-likeness (QED) is 0.540. The molecule has 35 heavy (non-hydrogen) atoms. The van der Waals surface area contributed by atoms with Gasteiger partial charge >= 0.3 is 0 Å². The van der Waals surface area contributed by atoms with Crippen LogP contribution in [0.2, 0.25) is 5.02 Å². The van der Waals surface area contributed by atoms with E-state index in [-0.39, 0.29) is 17.7 Å². The molecule has 7 heteroatoms. The summed E-state index contributed by atoms with van der Waals surface area (Å²) in [7, 11) is 0. The van der Waals surface area contributed by atoms with Gasteiger partial charge in [-0.1, -0.05) is 35.9 Å². The molecule has 2 aromatic carbocycles. The van der Waals surface area contributed by atoms with Crippen LogP contribution in [0.15, 0.2) is 66.9 Å². The number of piperidine rings is 1. The Morgan fingerprint density at radius 1 is 0.971 bits per heavy atom. The van der Waals surface area contributed by atoms with Gasteiger partial charge in [-0.25, -0.2) is 0 Å². The molecule has 0 atom stereocenters. The number of benzene rings is 2. The maximum absolute atomic E-state index is 12.8. The number of carbonyl (C=O) groups excluding carboxylic acids is 2. The van der Waals surface area contributed by atoms with Crippen LogP contribution in [0, 0.1) is 12.8 Å². The fourth-order valence-corrected chi connectivity index (χ4v) is 5.17. The average molecular weight is 489 g/mol. The van der Waals surface area contributed by atoms with Crippen molar-refractivity contribution in [2.75, 3.05) is 36.4 Å². The second kappa shape index (κ2) is 10.1. The Hall–Kier alpha value is -3.38. The number of aromatic nitrogens is 1. The smallest absolute Gasteiger partial charge is 0.255 e. The van der Waals surface area contributed by atoms with Gasteiger partial charge in [-0.3, -0.25) is 14.6 Å². The molecule has 180 valence electrons. The van der Waals surface area contributed by atoms with Gasteiger partial charge in [0.2, 0.25) is 5.91 Å². The van der Waals surface area contributed by atoms with Crippen LogP contribution in [0.3, 0.4) is 0 Å². The van der Waals surface area contributed by atoms with Crippen molar-refractivity contribution in [2.24, 2.45) is 5.92 Å². The second-order valence-corrected chi connectivity index (χ2v) is 9.77. The molecule has 2 saturated heterocycles. The summed E-state index contributed by atoms with van der Waals surface area (Å²) in [5, 5.41) is 3.56. The highest BCUT2D eigenvalue weighted by atomic mass is 35.5. The first-order valence-electron chi connectivity index (χ1n) is 12.1. The monoisotopic (exact) mass is 488 g/mol. The number of likely N-dealkylation sites (tertiary alicyclic amines) is 1. The summed E-state index contributed by atoms with van der Waals surface area (Å²) in [5.74, 6) is 0.439. The molecule has 1 N–H and O–H groups in total.